The quantitative estimate of drug-likeness (QED) is 0.255. The zero-order valence-electron chi connectivity index (χ0n) is 12.0. The fourth-order valence-corrected chi connectivity index (χ4v) is 1.25. The first-order chi connectivity index (χ1) is 3.71. The summed E-state index contributed by atoms with van der Waals surface area (Å²) in [7, 11) is -10.1. The Balaban J connectivity index is -0.00000000889. The molecule has 74 valence electrons. The zero-order chi connectivity index (χ0) is 7.71. The molecule has 13 heteroatoms. The summed E-state index contributed by atoms with van der Waals surface area (Å²) in [6, 6.07) is 0. The van der Waals surface area contributed by atoms with E-state index < -0.39 is 15.6 Å². The number of rotatable bonds is 2. The maximum Gasteiger partial charge on any atom is 2.00 e. The monoisotopic (exact) mass is 287 g/mol. The Hall–Kier alpha value is 3.39. The number of phosphoric acid groups is 2. The third-order valence-electron chi connectivity index (χ3n) is 0.213. The molecular formula is H12KMg2NO7P2. The van der Waals surface area contributed by atoms with E-state index in [1.807, 2.05) is 0 Å². The van der Waals surface area contributed by atoms with Crippen LogP contribution < -0.4 is 57.5 Å². The second-order valence-electron chi connectivity index (χ2n) is 1.06. The Kier molecular flexibility index (Phi) is 27.3. The van der Waals surface area contributed by atoms with E-state index in [9.17, 15) is 9.13 Å². The van der Waals surface area contributed by atoms with Gasteiger partial charge in [0.25, 0.3) is 0 Å². The second-order valence-corrected chi connectivity index (χ2v) is 3.68. The Bertz CT molecular complexity index is 180. The van der Waals surface area contributed by atoms with Crippen molar-refractivity contribution in [2.24, 2.45) is 0 Å². The van der Waals surface area contributed by atoms with Gasteiger partial charge in [-0.3, -0.25) is 0 Å². The molecular weight excluding hydrogens is 276 g/mol. The van der Waals surface area contributed by atoms with Crippen molar-refractivity contribution in [2.75, 3.05) is 0 Å². The van der Waals surface area contributed by atoms with Crippen LogP contribution >= 0.6 is 15.6 Å². The van der Waals surface area contributed by atoms with Crippen molar-refractivity contribution in [1.82, 2.24) is 6.15 Å². The number of hydrogen-bond donors (Lipinski definition) is 5. The van der Waals surface area contributed by atoms with Gasteiger partial charge in [0, 0.05) is 0 Å². The standard InChI is InChI=1S/K.2Mg.H3N.H4O7P2.5H/c;;;;1-8(2,3)7-9(4,5)6;;;;;/h;;;1H3;(H2,1,2,3)(H2,4,5,6);;;;;/q+1;2*+2;;;5*-1. The first-order valence-electron chi connectivity index (χ1n) is 1.53. The van der Waals surface area contributed by atoms with Crippen LogP contribution in [0.5, 0.6) is 0 Å². The Morgan fingerprint density at radius 3 is 1.08 bits per heavy atom. The van der Waals surface area contributed by atoms with E-state index in [1.54, 1.807) is 0 Å². The van der Waals surface area contributed by atoms with Gasteiger partial charge < -0.3 is 32.9 Å². The van der Waals surface area contributed by atoms with Gasteiger partial charge in [-0.25, -0.2) is 9.13 Å². The summed E-state index contributed by atoms with van der Waals surface area (Å²) < 4.78 is 22.2. The first-order valence-corrected chi connectivity index (χ1v) is 4.59. The molecule has 0 aromatic carbocycles. The van der Waals surface area contributed by atoms with Gasteiger partial charge in [0.15, 0.2) is 0 Å². The molecule has 0 amide bonds. The molecule has 0 aliphatic carbocycles. The van der Waals surface area contributed by atoms with Crippen molar-refractivity contribution in [2.45, 2.75) is 0 Å². The van der Waals surface area contributed by atoms with Crippen LogP contribution in [0, 0.1) is 0 Å². The van der Waals surface area contributed by atoms with Crippen LogP contribution in [0.1, 0.15) is 7.13 Å². The van der Waals surface area contributed by atoms with Crippen molar-refractivity contribution in [3.05, 3.63) is 0 Å². The number of hydrogen-bond acceptors (Lipinski definition) is 4. The SMILES string of the molecule is N.O=P(O)(O)OP(=O)(O)O.[H-].[H-].[H-].[H-].[H-].[K+].[Mg+2].[Mg+2]. The summed E-state index contributed by atoms with van der Waals surface area (Å²) in [4.78, 5) is 31.0. The van der Waals surface area contributed by atoms with Crippen LogP contribution in [0.4, 0.5) is 0 Å². The van der Waals surface area contributed by atoms with Gasteiger partial charge >= 0.3 is 113 Å². The molecule has 0 saturated heterocycles. The molecule has 0 rings (SSSR count). The van der Waals surface area contributed by atoms with Gasteiger partial charge in [-0.05, 0) is 0 Å². The van der Waals surface area contributed by atoms with Crippen LogP contribution in [0.2, 0.25) is 0 Å². The normalized spacial score (nSPS) is 9.54. The molecule has 0 fully saturated rings. The molecule has 13 heavy (non-hydrogen) atoms. The molecule has 0 heterocycles. The van der Waals surface area contributed by atoms with E-state index in [0.29, 0.717) is 0 Å². The summed E-state index contributed by atoms with van der Waals surface area (Å²) >= 11 is 0. The predicted octanol–water partition coefficient (Wildman–Crippen LogP) is -3.84. The minimum absolute atomic E-state index is 0. The molecule has 0 aliphatic rings. The molecule has 0 atom stereocenters. The van der Waals surface area contributed by atoms with Crippen LogP contribution in [-0.2, 0) is 13.4 Å². The van der Waals surface area contributed by atoms with Crippen molar-refractivity contribution >= 4 is 61.8 Å². The summed E-state index contributed by atoms with van der Waals surface area (Å²) in [6.45, 7) is 0. The van der Waals surface area contributed by atoms with E-state index in [0.717, 1.165) is 0 Å². The van der Waals surface area contributed by atoms with Gasteiger partial charge in [0.2, 0.25) is 0 Å². The van der Waals surface area contributed by atoms with E-state index in [1.165, 1.54) is 0 Å². The summed E-state index contributed by atoms with van der Waals surface area (Å²) in [5.41, 5.74) is 0. The summed E-state index contributed by atoms with van der Waals surface area (Å²) in [6.07, 6.45) is 0. The van der Waals surface area contributed by atoms with Crippen molar-refractivity contribution in [1.29, 1.82) is 0 Å². The third kappa shape index (κ3) is 31.3. The molecule has 0 spiro atoms. The van der Waals surface area contributed by atoms with Gasteiger partial charge in [-0.2, -0.15) is 4.31 Å². The van der Waals surface area contributed by atoms with E-state index in [-0.39, 0.29) is 111 Å². The average Bonchev–Trinajstić information content (AvgIpc) is 1.14. The van der Waals surface area contributed by atoms with Crippen molar-refractivity contribution in [3.8, 4) is 0 Å². The Morgan fingerprint density at radius 1 is 0.923 bits per heavy atom. The maximum atomic E-state index is 9.63. The molecule has 0 aliphatic heterocycles. The first kappa shape index (κ1) is 29.9. The van der Waals surface area contributed by atoms with E-state index in [4.69, 9.17) is 19.6 Å². The average molecular weight is 288 g/mol. The maximum absolute atomic E-state index is 9.63. The fraction of sp³-hybridized carbons (Fsp3) is 0. The minimum atomic E-state index is -5.05. The van der Waals surface area contributed by atoms with Crippen molar-refractivity contribution in [3.63, 3.8) is 0 Å². The largest absolute Gasteiger partial charge is 2.00 e. The molecule has 0 aromatic heterocycles. The molecule has 8 nitrogen and oxygen atoms in total. The molecule has 0 radical (unpaired) electrons. The second kappa shape index (κ2) is 11.9. The zero-order valence-corrected chi connectivity index (χ0v) is 14.8. The minimum Gasteiger partial charge on any atom is -1.00 e. The predicted molar refractivity (Wildman–Crippen MR) is 47.3 cm³/mol. The van der Waals surface area contributed by atoms with Gasteiger partial charge in [-0.15, -0.1) is 0 Å². The summed E-state index contributed by atoms with van der Waals surface area (Å²) in [5.74, 6) is 0. The Labute approximate surface area is 157 Å². The van der Waals surface area contributed by atoms with Crippen LogP contribution in [-0.4, -0.2) is 65.7 Å². The van der Waals surface area contributed by atoms with Gasteiger partial charge in [-0.1, -0.05) is 0 Å². The molecule has 0 aromatic rings. The van der Waals surface area contributed by atoms with Gasteiger partial charge in [0.05, 0.1) is 0 Å². The Morgan fingerprint density at radius 2 is 1.08 bits per heavy atom. The molecule has 0 unspecified atom stereocenters. The van der Waals surface area contributed by atoms with Crippen molar-refractivity contribution < 1.29 is 91.5 Å². The molecule has 7 N–H and O–H groups in total. The smallest absolute Gasteiger partial charge is 1.00 e. The topological polar surface area (TPSA) is 159 Å². The molecule has 0 bridgehead atoms. The van der Waals surface area contributed by atoms with Crippen LogP contribution in [0.15, 0.2) is 0 Å². The van der Waals surface area contributed by atoms with E-state index in [2.05, 4.69) is 4.31 Å². The van der Waals surface area contributed by atoms with Crippen LogP contribution in [0.3, 0.4) is 0 Å². The molecule has 0 saturated carbocycles. The summed E-state index contributed by atoms with van der Waals surface area (Å²) in [5, 5.41) is 0. The third-order valence-corrected chi connectivity index (χ3v) is 1.91. The van der Waals surface area contributed by atoms with E-state index >= 15 is 0 Å². The fourth-order valence-electron chi connectivity index (χ4n) is 0.139. The van der Waals surface area contributed by atoms with Gasteiger partial charge in [0.1, 0.15) is 0 Å². The van der Waals surface area contributed by atoms with Crippen LogP contribution in [0.25, 0.3) is 0 Å².